The van der Waals surface area contributed by atoms with E-state index in [4.69, 9.17) is 4.84 Å². The van der Waals surface area contributed by atoms with Crippen molar-refractivity contribution in [1.82, 2.24) is 10.6 Å². The lowest BCUT2D eigenvalue weighted by Crippen LogP contribution is -2.42. The summed E-state index contributed by atoms with van der Waals surface area (Å²) in [4.78, 5) is 30.7. The number of para-hydroxylation sites is 1. The molecule has 170 valence electrons. The summed E-state index contributed by atoms with van der Waals surface area (Å²) >= 11 is 3.45. The third kappa shape index (κ3) is 4.51. The number of anilines is 2. The molecule has 2 aromatic rings. The SMILES string of the molecule is O=C(CCO/N=C1/C(=C2/C(=O)Nc3cc(Br)ccc32)Nc2ccccc21)NC1CCNCC1. The van der Waals surface area contributed by atoms with Crippen molar-refractivity contribution in [2.45, 2.75) is 25.3 Å². The molecule has 0 aromatic heterocycles. The van der Waals surface area contributed by atoms with E-state index in [0.29, 0.717) is 17.0 Å². The van der Waals surface area contributed by atoms with Gasteiger partial charge in [0.25, 0.3) is 5.91 Å². The van der Waals surface area contributed by atoms with E-state index < -0.39 is 0 Å². The van der Waals surface area contributed by atoms with Gasteiger partial charge in [-0.05, 0) is 44.1 Å². The lowest BCUT2D eigenvalue weighted by molar-refractivity contribution is -0.123. The highest BCUT2D eigenvalue weighted by Gasteiger charge is 2.34. The highest BCUT2D eigenvalue weighted by molar-refractivity contribution is 9.10. The van der Waals surface area contributed by atoms with Crippen LogP contribution in [0, 0.1) is 0 Å². The molecule has 2 aromatic carbocycles. The normalized spacial score (nSPS) is 20.8. The molecule has 2 amide bonds. The van der Waals surface area contributed by atoms with Crippen molar-refractivity contribution in [2.75, 3.05) is 30.3 Å². The van der Waals surface area contributed by atoms with Gasteiger partial charge in [0.05, 0.1) is 23.4 Å². The number of oxime groups is 1. The maximum Gasteiger partial charge on any atom is 0.258 e. The Morgan fingerprint density at radius 3 is 2.76 bits per heavy atom. The Kier molecular flexibility index (Phi) is 6.15. The second-order valence-corrected chi connectivity index (χ2v) is 9.10. The maximum absolute atomic E-state index is 12.9. The Bertz CT molecular complexity index is 1170. The molecule has 0 unspecified atom stereocenters. The molecule has 3 heterocycles. The van der Waals surface area contributed by atoms with Crippen molar-refractivity contribution in [1.29, 1.82) is 0 Å². The number of hydrogen-bond acceptors (Lipinski definition) is 6. The fraction of sp³-hybridized carbons (Fsp3) is 0.292. The minimum Gasteiger partial charge on any atom is -0.395 e. The second kappa shape index (κ2) is 9.36. The van der Waals surface area contributed by atoms with E-state index in [1.165, 1.54) is 0 Å². The molecule has 3 aliphatic rings. The fourth-order valence-corrected chi connectivity index (χ4v) is 4.67. The molecule has 0 aliphatic carbocycles. The molecule has 1 saturated heterocycles. The third-order valence-electron chi connectivity index (χ3n) is 5.94. The molecule has 33 heavy (non-hydrogen) atoms. The first kappa shape index (κ1) is 21.7. The summed E-state index contributed by atoms with van der Waals surface area (Å²) in [6.45, 7) is 2.00. The maximum atomic E-state index is 12.9. The van der Waals surface area contributed by atoms with Crippen LogP contribution in [0.5, 0.6) is 0 Å². The van der Waals surface area contributed by atoms with Gasteiger partial charge in [0.2, 0.25) is 5.91 Å². The molecule has 4 N–H and O–H groups in total. The number of carbonyl (C=O) groups excluding carboxylic acids is 2. The van der Waals surface area contributed by atoms with Gasteiger partial charge in [-0.3, -0.25) is 9.59 Å². The quantitative estimate of drug-likeness (QED) is 0.281. The Balaban J connectivity index is 1.35. The summed E-state index contributed by atoms with van der Waals surface area (Å²) < 4.78 is 0.885. The average molecular weight is 510 g/mol. The highest BCUT2D eigenvalue weighted by atomic mass is 79.9. The Hall–Kier alpha value is -3.17. The highest BCUT2D eigenvalue weighted by Crippen LogP contribution is 2.40. The van der Waals surface area contributed by atoms with Crippen molar-refractivity contribution in [2.24, 2.45) is 5.16 Å². The topological polar surface area (TPSA) is 104 Å². The number of carbonyl (C=O) groups is 2. The van der Waals surface area contributed by atoms with Crippen LogP contribution in [0.3, 0.4) is 0 Å². The molecule has 0 spiro atoms. The summed E-state index contributed by atoms with van der Waals surface area (Å²) in [5.41, 5.74) is 4.89. The second-order valence-electron chi connectivity index (χ2n) is 8.18. The number of piperidine rings is 1. The predicted molar refractivity (Wildman–Crippen MR) is 131 cm³/mol. The Labute approximate surface area is 200 Å². The van der Waals surface area contributed by atoms with Crippen molar-refractivity contribution in [3.63, 3.8) is 0 Å². The Morgan fingerprint density at radius 2 is 1.91 bits per heavy atom. The summed E-state index contributed by atoms with van der Waals surface area (Å²) in [6.07, 6.45) is 2.10. The van der Waals surface area contributed by atoms with Gasteiger partial charge < -0.3 is 26.1 Å². The van der Waals surface area contributed by atoms with Crippen LogP contribution in [-0.2, 0) is 14.4 Å². The van der Waals surface area contributed by atoms with Gasteiger partial charge in [-0.1, -0.05) is 45.4 Å². The van der Waals surface area contributed by atoms with Gasteiger partial charge in [-0.2, -0.15) is 0 Å². The zero-order chi connectivity index (χ0) is 22.8. The molecule has 0 saturated carbocycles. The van der Waals surface area contributed by atoms with Crippen LogP contribution in [0.15, 0.2) is 57.8 Å². The van der Waals surface area contributed by atoms with E-state index >= 15 is 0 Å². The molecule has 0 radical (unpaired) electrons. The van der Waals surface area contributed by atoms with Gasteiger partial charge >= 0.3 is 0 Å². The lowest BCUT2D eigenvalue weighted by Gasteiger charge is -2.23. The number of benzene rings is 2. The minimum absolute atomic E-state index is 0.0414. The van der Waals surface area contributed by atoms with Crippen LogP contribution in [0.4, 0.5) is 11.4 Å². The first-order valence-electron chi connectivity index (χ1n) is 11.0. The van der Waals surface area contributed by atoms with Crippen LogP contribution >= 0.6 is 15.9 Å². The monoisotopic (exact) mass is 509 g/mol. The zero-order valence-electron chi connectivity index (χ0n) is 17.9. The predicted octanol–water partition coefficient (Wildman–Crippen LogP) is 3.22. The van der Waals surface area contributed by atoms with Gasteiger partial charge in [0.15, 0.2) is 0 Å². The lowest BCUT2D eigenvalue weighted by atomic mass is 10.0. The molecular weight excluding hydrogens is 486 g/mol. The van der Waals surface area contributed by atoms with Crippen LogP contribution in [0.25, 0.3) is 5.57 Å². The fourth-order valence-electron chi connectivity index (χ4n) is 4.31. The molecule has 3 aliphatic heterocycles. The largest absolute Gasteiger partial charge is 0.395 e. The van der Waals surface area contributed by atoms with Crippen LogP contribution in [-0.4, -0.2) is 43.3 Å². The number of allylic oxidation sites excluding steroid dienone is 1. The molecule has 1 fully saturated rings. The van der Waals surface area contributed by atoms with Crippen LogP contribution < -0.4 is 21.3 Å². The molecule has 0 atom stereocenters. The van der Waals surface area contributed by atoms with Crippen molar-refractivity contribution < 1.29 is 14.4 Å². The molecular formula is C24H24BrN5O3. The number of fused-ring (bicyclic) bond motifs is 2. The van der Waals surface area contributed by atoms with E-state index in [0.717, 1.165) is 52.9 Å². The van der Waals surface area contributed by atoms with E-state index in [1.807, 2.05) is 42.5 Å². The summed E-state index contributed by atoms with van der Waals surface area (Å²) in [6, 6.07) is 13.6. The number of rotatable bonds is 5. The molecule has 0 bridgehead atoms. The summed E-state index contributed by atoms with van der Waals surface area (Å²) in [5, 5.41) is 16.9. The van der Waals surface area contributed by atoms with Crippen LogP contribution in [0.1, 0.15) is 30.4 Å². The molecule has 9 heteroatoms. The van der Waals surface area contributed by atoms with Crippen molar-refractivity contribution >= 4 is 50.4 Å². The van der Waals surface area contributed by atoms with E-state index in [-0.39, 0.29) is 30.9 Å². The Morgan fingerprint density at radius 1 is 1.09 bits per heavy atom. The van der Waals surface area contributed by atoms with Crippen molar-refractivity contribution in [3.8, 4) is 0 Å². The summed E-state index contributed by atoms with van der Waals surface area (Å²) in [5.74, 6) is -0.243. The van der Waals surface area contributed by atoms with Crippen molar-refractivity contribution in [3.05, 3.63) is 63.8 Å². The van der Waals surface area contributed by atoms with E-state index in [1.54, 1.807) is 0 Å². The standard InChI is InChI=1S/C24H24BrN5O3/c25-14-5-6-16-19(13-14)29-24(32)21(16)23-22(17-3-1-2-4-18(17)28-23)30-33-12-9-20(31)27-15-7-10-26-11-8-15/h1-6,13,15,26,28H,7-12H2,(H,27,31)(H,29,32)/b23-21-,30-22+. The number of amides is 2. The number of nitrogens with one attached hydrogen (secondary N) is 4. The first-order valence-corrected chi connectivity index (χ1v) is 11.8. The van der Waals surface area contributed by atoms with E-state index in [2.05, 4.69) is 42.4 Å². The van der Waals surface area contributed by atoms with Gasteiger partial charge in [0, 0.05) is 27.3 Å². The zero-order valence-corrected chi connectivity index (χ0v) is 19.5. The first-order chi connectivity index (χ1) is 16.1. The smallest absolute Gasteiger partial charge is 0.258 e. The number of nitrogens with zero attached hydrogens (tertiary/aromatic N) is 1. The average Bonchev–Trinajstić information content (AvgIpc) is 3.33. The van der Waals surface area contributed by atoms with Gasteiger partial charge in [-0.15, -0.1) is 0 Å². The molecule has 8 nitrogen and oxygen atoms in total. The summed E-state index contributed by atoms with van der Waals surface area (Å²) in [7, 11) is 0. The van der Waals surface area contributed by atoms with Gasteiger partial charge in [-0.25, -0.2) is 0 Å². The number of hydrogen-bond donors (Lipinski definition) is 4. The third-order valence-corrected chi connectivity index (χ3v) is 6.43. The minimum atomic E-state index is -0.201. The van der Waals surface area contributed by atoms with Crippen LogP contribution in [0.2, 0.25) is 0 Å². The number of halogens is 1. The van der Waals surface area contributed by atoms with Gasteiger partial charge in [0.1, 0.15) is 12.3 Å². The molecule has 5 rings (SSSR count). The van der Waals surface area contributed by atoms with E-state index in [9.17, 15) is 9.59 Å².